The summed E-state index contributed by atoms with van der Waals surface area (Å²) in [6.07, 6.45) is 34.0. The zero-order valence-electron chi connectivity index (χ0n) is 26.5. The number of amides is 1. The van der Waals surface area contributed by atoms with E-state index in [1.165, 1.54) is 148 Å². The van der Waals surface area contributed by atoms with Crippen LogP contribution in [0.4, 0.5) is 5.69 Å². The van der Waals surface area contributed by atoms with Gasteiger partial charge in [-0.2, -0.15) is 0 Å². The summed E-state index contributed by atoms with van der Waals surface area (Å²) in [7, 11) is 0. The molecule has 4 nitrogen and oxygen atoms in total. The second kappa shape index (κ2) is 28.8. The minimum Gasteiger partial charge on any atom is -0.508 e. The fourth-order valence-electron chi connectivity index (χ4n) is 5.45. The molecule has 1 aromatic rings. The largest absolute Gasteiger partial charge is 0.508 e. The predicted octanol–water partition coefficient (Wildman–Crippen LogP) is 11.1. The van der Waals surface area contributed by atoms with Crippen molar-refractivity contribution in [3.8, 4) is 5.75 Å². The van der Waals surface area contributed by atoms with E-state index in [1.807, 2.05) is 12.1 Å². The van der Waals surface area contributed by atoms with Crippen LogP contribution in [0.3, 0.4) is 0 Å². The highest BCUT2D eigenvalue weighted by atomic mass is 16.3. The van der Waals surface area contributed by atoms with Gasteiger partial charge in [-0.15, -0.1) is 0 Å². The van der Waals surface area contributed by atoms with E-state index in [2.05, 4.69) is 17.6 Å². The molecule has 4 heteroatoms. The number of carbonyl (C=O) groups is 1. The molecule has 0 aliphatic heterocycles. The fourth-order valence-corrected chi connectivity index (χ4v) is 5.45. The van der Waals surface area contributed by atoms with Gasteiger partial charge in [-0.3, -0.25) is 4.79 Å². The first-order valence-electron chi connectivity index (χ1n) is 17.5. The normalized spacial score (nSPS) is 11.1. The van der Waals surface area contributed by atoms with Crippen molar-refractivity contribution in [3.05, 3.63) is 24.3 Å². The average Bonchev–Trinajstić information content (AvgIpc) is 2.96. The molecule has 0 aromatic heterocycles. The third-order valence-corrected chi connectivity index (χ3v) is 8.13. The van der Waals surface area contributed by atoms with Crippen molar-refractivity contribution in [2.45, 2.75) is 174 Å². The molecule has 0 aliphatic rings. The van der Waals surface area contributed by atoms with Crippen molar-refractivity contribution >= 4 is 11.6 Å². The van der Waals surface area contributed by atoms with E-state index in [4.69, 9.17) is 0 Å². The standard InChI is InChI=1S/C36H66N2O2/c1-2-3-4-5-6-7-8-9-10-11-12-15-18-21-24-27-36(40)38-33-26-23-20-17-14-13-16-19-22-25-32-37-34-28-30-35(39)31-29-34/h28-31,37,39H,2-27,32-33H2,1H3,(H,38,40). The van der Waals surface area contributed by atoms with Crippen molar-refractivity contribution in [1.82, 2.24) is 5.32 Å². The molecule has 0 radical (unpaired) electrons. The predicted molar refractivity (Wildman–Crippen MR) is 175 cm³/mol. The van der Waals surface area contributed by atoms with Gasteiger partial charge in [0, 0.05) is 25.2 Å². The number of benzene rings is 1. The molecule has 0 heterocycles. The molecular formula is C36H66N2O2. The number of hydrogen-bond acceptors (Lipinski definition) is 3. The van der Waals surface area contributed by atoms with E-state index < -0.39 is 0 Å². The van der Waals surface area contributed by atoms with E-state index >= 15 is 0 Å². The number of aromatic hydroxyl groups is 1. The number of nitrogens with one attached hydrogen (secondary N) is 2. The molecule has 0 atom stereocenters. The molecule has 232 valence electrons. The summed E-state index contributed by atoms with van der Waals surface area (Å²) in [5.74, 6) is 0.575. The first-order valence-corrected chi connectivity index (χ1v) is 17.5. The lowest BCUT2D eigenvalue weighted by atomic mass is 10.0. The van der Waals surface area contributed by atoms with Gasteiger partial charge in [0.05, 0.1) is 0 Å². The Morgan fingerprint density at radius 1 is 0.525 bits per heavy atom. The van der Waals surface area contributed by atoms with E-state index in [9.17, 15) is 9.90 Å². The Bertz CT molecular complexity index is 661. The molecule has 0 aliphatic carbocycles. The molecule has 1 rings (SSSR count). The topological polar surface area (TPSA) is 61.4 Å². The minimum absolute atomic E-state index is 0.257. The number of phenols is 1. The van der Waals surface area contributed by atoms with Crippen LogP contribution in [0.1, 0.15) is 174 Å². The van der Waals surface area contributed by atoms with Crippen LogP contribution in [0.15, 0.2) is 24.3 Å². The number of carbonyl (C=O) groups excluding carboxylic acids is 1. The molecule has 0 unspecified atom stereocenters. The minimum atomic E-state index is 0.257. The highest BCUT2D eigenvalue weighted by Crippen LogP contribution is 2.15. The average molecular weight is 559 g/mol. The SMILES string of the molecule is CCCCCCCCCCCCCCCCCC(=O)NCCCCCCCCCCCCNc1ccc(O)cc1. The number of hydrogen-bond donors (Lipinski definition) is 3. The molecular weight excluding hydrogens is 492 g/mol. The first kappa shape index (κ1) is 36.3. The zero-order valence-corrected chi connectivity index (χ0v) is 26.5. The Balaban J connectivity index is 1.70. The molecule has 40 heavy (non-hydrogen) atoms. The van der Waals surface area contributed by atoms with Crippen LogP contribution in [-0.4, -0.2) is 24.1 Å². The van der Waals surface area contributed by atoms with Crippen LogP contribution in [-0.2, 0) is 4.79 Å². The number of phenolic OH excluding ortho intramolecular Hbond substituents is 1. The zero-order chi connectivity index (χ0) is 28.8. The molecule has 1 amide bonds. The van der Waals surface area contributed by atoms with Gasteiger partial charge in [0.15, 0.2) is 0 Å². The maximum absolute atomic E-state index is 12.0. The second-order valence-electron chi connectivity index (χ2n) is 12.1. The molecule has 0 fully saturated rings. The van der Waals surface area contributed by atoms with E-state index in [0.29, 0.717) is 12.2 Å². The van der Waals surface area contributed by atoms with Gasteiger partial charge in [0.2, 0.25) is 5.91 Å². The molecule has 0 bridgehead atoms. The van der Waals surface area contributed by atoms with Crippen molar-refractivity contribution in [3.63, 3.8) is 0 Å². The van der Waals surface area contributed by atoms with E-state index in [-0.39, 0.29) is 5.91 Å². The van der Waals surface area contributed by atoms with E-state index in [1.54, 1.807) is 12.1 Å². The van der Waals surface area contributed by atoms with Crippen LogP contribution in [0, 0.1) is 0 Å². The summed E-state index contributed by atoms with van der Waals surface area (Å²) < 4.78 is 0. The molecule has 1 aromatic carbocycles. The van der Waals surface area contributed by atoms with Crippen molar-refractivity contribution in [2.75, 3.05) is 18.4 Å². The number of rotatable bonds is 30. The van der Waals surface area contributed by atoms with Gasteiger partial charge < -0.3 is 15.7 Å². The van der Waals surface area contributed by atoms with Crippen molar-refractivity contribution < 1.29 is 9.90 Å². The van der Waals surface area contributed by atoms with Gasteiger partial charge in [-0.1, -0.05) is 148 Å². The van der Waals surface area contributed by atoms with Gasteiger partial charge in [0.25, 0.3) is 0 Å². The summed E-state index contributed by atoms with van der Waals surface area (Å²) in [5.41, 5.74) is 1.08. The number of anilines is 1. The maximum Gasteiger partial charge on any atom is 0.219 e. The van der Waals surface area contributed by atoms with Crippen molar-refractivity contribution in [2.24, 2.45) is 0 Å². The van der Waals surface area contributed by atoms with Gasteiger partial charge in [0.1, 0.15) is 5.75 Å². The lowest BCUT2D eigenvalue weighted by Crippen LogP contribution is -2.23. The summed E-state index contributed by atoms with van der Waals surface area (Å²) in [5, 5.41) is 15.8. The third-order valence-electron chi connectivity index (χ3n) is 8.13. The number of unbranched alkanes of at least 4 members (excludes halogenated alkanes) is 23. The molecule has 0 spiro atoms. The summed E-state index contributed by atoms with van der Waals surface area (Å²) >= 11 is 0. The van der Waals surface area contributed by atoms with Crippen LogP contribution in [0.2, 0.25) is 0 Å². The summed E-state index contributed by atoms with van der Waals surface area (Å²) in [4.78, 5) is 12.0. The quantitative estimate of drug-likeness (QED) is 0.0650. The Labute approximate surface area is 248 Å². The van der Waals surface area contributed by atoms with Crippen LogP contribution in [0.5, 0.6) is 5.75 Å². The Kier molecular flexibility index (Phi) is 26.2. The summed E-state index contributed by atoms with van der Waals surface area (Å²) in [6, 6.07) is 7.29. The Morgan fingerprint density at radius 2 is 0.900 bits per heavy atom. The lowest BCUT2D eigenvalue weighted by Gasteiger charge is -2.07. The van der Waals surface area contributed by atoms with Gasteiger partial charge in [-0.25, -0.2) is 0 Å². The lowest BCUT2D eigenvalue weighted by molar-refractivity contribution is -0.121. The highest BCUT2D eigenvalue weighted by molar-refractivity contribution is 5.75. The summed E-state index contributed by atoms with van der Waals surface area (Å²) in [6.45, 7) is 4.14. The van der Waals surface area contributed by atoms with Crippen LogP contribution < -0.4 is 10.6 Å². The van der Waals surface area contributed by atoms with Crippen LogP contribution in [0.25, 0.3) is 0 Å². The maximum atomic E-state index is 12.0. The Morgan fingerprint density at radius 3 is 1.35 bits per heavy atom. The van der Waals surface area contributed by atoms with Crippen molar-refractivity contribution in [1.29, 1.82) is 0 Å². The smallest absolute Gasteiger partial charge is 0.219 e. The molecule has 0 saturated carbocycles. The molecule has 0 saturated heterocycles. The fraction of sp³-hybridized carbons (Fsp3) is 0.806. The first-order chi connectivity index (χ1) is 19.7. The monoisotopic (exact) mass is 559 g/mol. The van der Waals surface area contributed by atoms with Gasteiger partial charge in [-0.05, 0) is 43.5 Å². The van der Waals surface area contributed by atoms with Gasteiger partial charge >= 0.3 is 0 Å². The van der Waals surface area contributed by atoms with Crippen LogP contribution >= 0.6 is 0 Å². The molecule has 3 N–H and O–H groups in total. The highest BCUT2D eigenvalue weighted by Gasteiger charge is 2.01. The third kappa shape index (κ3) is 25.3. The Hall–Kier alpha value is -1.71. The second-order valence-corrected chi connectivity index (χ2v) is 12.1. The van der Waals surface area contributed by atoms with E-state index in [0.717, 1.165) is 31.6 Å².